The minimum Gasteiger partial charge on any atom is -0.480 e. The molecule has 200 valence electrons. The van der Waals surface area contributed by atoms with Crippen molar-refractivity contribution >= 4 is 35.5 Å². The Kier molecular flexibility index (Phi) is 14.2. The van der Waals surface area contributed by atoms with E-state index in [0.29, 0.717) is 6.42 Å². The summed E-state index contributed by atoms with van der Waals surface area (Å²) in [5, 5.41) is 16.7. The molecule has 35 heavy (non-hydrogen) atoms. The van der Waals surface area contributed by atoms with Crippen molar-refractivity contribution in [2.75, 3.05) is 0 Å². The van der Waals surface area contributed by atoms with Gasteiger partial charge in [-0.25, -0.2) is 4.79 Å². The predicted octanol–water partition coefficient (Wildman–Crippen LogP) is -1.52. The van der Waals surface area contributed by atoms with Crippen molar-refractivity contribution in [3.05, 3.63) is 0 Å². The quantitative estimate of drug-likeness (QED) is 0.123. The Morgan fingerprint density at radius 3 is 1.60 bits per heavy atom. The van der Waals surface area contributed by atoms with Gasteiger partial charge in [0.2, 0.25) is 29.5 Å². The van der Waals surface area contributed by atoms with E-state index in [2.05, 4.69) is 16.0 Å². The zero-order valence-electron chi connectivity index (χ0n) is 20.8. The highest BCUT2D eigenvalue weighted by molar-refractivity contribution is 5.94. The molecule has 0 bridgehead atoms. The molecule has 0 saturated heterocycles. The van der Waals surface area contributed by atoms with Crippen molar-refractivity contribution in [2.45, 2.75) is 90.4 Å². The lowest BCUT2D eigenvalue weighted by Gasteiger charge is -2.26. The van der Waals surface area contributed by atoms with Gasteiger partial charge in [-0.15, -0.1) is 0 Å². The van der Waals surface area contributed by atoms with Crippen molar-refractivity contribution in [3.8, 4) is 0 Å². The largest absolute Gasteiger partial charge is 0.480 e. The van der Waals surface area contributed by atoms with E-state index in [9.17, 15) is 33.9 Å². The maximum Gasteiger partial charge on any atom is 0.326 e. The molecule has 0 aliphatic heterocycles. The number of hydrogen-bond donors (Lipinski definition) is 7. The van der Waals surface area contributed by atoms with E-state index in [-0.39, 0.29) is 43.9 Å². The van der Waals surface area contributed by atoms with Gasteiger partial charge < -0.3 is 38.3 Å². The average Bonchev–Trinajstić information content (AvgIpc) is 2.76. The molecule has 13 heteroatoms. The zero-order valence-corrected chi connectivity index (χ0v) is 20.8. The summed E-state index contributed by atoms with van der Waals surface area (Å²) in [6, 6.07) is -4.62. The van der Waals surface area contributed by atoms with Gasteiger partial charge in [-0.2, -0.15) is 0 Å². The van der Waals surface area contributed by atoms with Crippen molar-refractivity contribution in [3.63, 3.8) is 0 Å². The first kappa shape index (κ1) is 31.8. The number of carboxylic acid groups (broad SMARTS) is 1. The van der Waals surface area contributed by atoms with Crippen LogP contribution in [0.2, 0.25) is 0 Å². The standard InChI is InChI=1S/C22H40N6O7/c1-5-12(4)18(25)21(33)28-15(10-11(2)3)20(32)26-13(6-8-16(23)29)19(31)27-14(22(34)35)7-9-17(24)30/h11-15,18H,5-10,25H2,1-4H3,(H2,23,29)(H2,24,30)(H,26,32)(H,27,31)(H,28,33)(H,34,35). The Bertz CT molecular complexity index is 773. The first-order chi connectivity index (χ1) is 16.2. The summed E-state index contributed by atoms with van der Waals surface area (Å²) in [5.41, 5.74) is 16.2. The van der Waals surface area contributed by atoms with Gasteiger partial charge in [0, 0.05) is 12.8 Å². The second-order valence-electron chi connectivity index (χ2n) is 9.07. The van der Waals surface area contributed by atoms with Crippen LogP contribution in [0, 0.1) is 11.8 Å². The molecule has 0 aromatic rings. The van der Waals surface area contributed by atoms with Gasteiger partial charge in [-0.1, -0.05) is 34.1 Å². The Morgan fingerprint density at radius 2 is 1.17 bits per heavy atom. The molecule has 0 radical (unpaired) electrons. The van der Waals surface area contributed by atoms with Gasteiger partial charge in [0.05, 0.1) is 6.04 Å². The smallest absolute Gasteiger partial charge is 0.326 e. The van der Waals surface area contributed by atoms with Crippen LogP contribution in [0.15, 0.2) is 0 Å². The van der Waals surface area contributed by atoms with Gasteiger partial charge in [-0.3, -0.25) is 24.0 Å². The van der Waals surface area contributed by atoms with Crippen LogP contribution < -0.4 is 33.2 Å². The van der Waals surface area contributed by atoms with Crippen LogP contribution in [0.4, 0.5) is 0 Å². The lowest BCUT2D eigenvalue weighted by atomic mass is 9.97. The van der Waals surface area contributed by atoms with Gasteiger partial charge in [0.15, 0.2) is 0 Å². The highest BCUT2D eigenvalue weighted by Gasteiger charge is 2.31. The molecule has 0 heterocycles. The number of rotatable bonds is 17. The maximum atomic E-state index is 13.0. The van der Waals surface area contributed by atoms with Crippen molar-refractivity contribution in [1.82, 2.24) is 16.0 Å². The highest BCUT2D eigenvalue weighted by atomic mass is 16.4. The van der Waals surface area contributed by atoms with Gasteiger partial charge in [0.25, 0.3) is 0 Å². The summed E-state index contributed by atoms with van der Waals surface area (Å²) in [4.78, 5) is 72.1. The first-order valence-electron chi connectivity index (χ1n) is 11.7. The second-order valence-corrected chi connectivity index (χ2v) is 9.07. The summed E-state index contributed by atoms with van der Waals surface area (Å²) in [6.07, 6.45) is -0.112. The van der Waals surface area contributed by atoms with E-state index < -0.39 is 59.7 Å². The SMILES string of the molecule is CCC(C)C(N)C(=O)NC(CC(C)C)C(=O)NC(CCC(N)=O)C(=O)NC(CCC(N)=O)C(=O)O. The summed E-state index contributed by atoms with van der Waals surface area (Å²) in [6.45, 7) is 7.37. The summed E-state index contributed by atoms with van der Waals surface area (Å²) in [5.74, 6) is -5.10. The molecule has 0 saturated carbocycles. The summed E-state index contributed by atoms with van der Waals surface area (Å²) in [7, 11) is 0. The fourth-order valence-electron chi connectivity index (χ4n) is 3.13. The van der Waals surface area contributed by atoms with Crippen LogP contribution in [-0.2, 0) is 28.8 Å². The molecule has 0 rings (SSSR count). The molecule has 10 N–H and O–H groups in total. The zero-order chi connectivity index (χ0) is 27.3. The molecule has 0 spiro atoms. The van der Waals surface area contributed by atoms with Crippen molar-refractivity contribution < 1.29 is 33.9 Å². The van der Waals surface area contributed by atoms with E-state index >= 15 is 0 Å². The molecule has 0 aromatic heterocycles. The topological polar surface area (TPSA) is 237 Å². The Morgan fingerprint density at radius 1 is 0.743 bits per heavy atom. The monoisotopic (exact) mass is 500 g/mol. The Balaban J connectivity index is 5.62. The molecule has 0 aliphatic rings. The number of carbonyl (C=O) groups excluding carboxylic acids is 5. The normalized spacial score (nSPS) is 15.3. The van der Waals surface area contributed by atoms with E-state index in [4.69, 9.17) is 17.2 Å². The lowest BCUT2D eigenvalue weighted by Crippen LogP contribution is -2.58. The molecule has 0 fully saturated rings. The number of amides is 5. The molecule has 5 amide bonds. The Labute approximate surface area is 205 Å². The van der Waals surface area contributed by atoms with E-state index in [1.807, 2.05) is 27.7 Å². The molecule has 0 aliphatic carbocycles. The fraction of sp³-hybridized carbons (Fsp3) is 0.727. The van der Waals surface area contributed by atoms with Crippen LogP contribution in [0.3, 0.4) is 0 Å². The van der Waals surface area contributed by atoms with Crippen molar-refractivity contribution in [1.29, 1.82) is 0 Å². The average molecular weight is 501 g/mol. The minimum absolute atomic E-state index is 0.00559. The number of nitrogens with one attached hydrogen (secondary N) is 3. The number of carbonyl (C=O) groups is 6. The summed E-state index contributed by atoms with van der Waals surface area (Å²) < 4.78 is 0. The van der Waals surface area contributed by atoms with E-state index in [1.165, 1.54) is 0 Å². The van der Waals surface area contributed by atoms with Gasteiger partial charge in [-0.05, 0) is 31.1 Å². The summed E-state index contributed by atoms with van der Waals surface area (Å²) >= 11 is 0. The van der Waals surface area contributed by atoms with Crippen LogP contribution in [0.5, 0.6) is 0 Å². The molecule has 5 unspecified atom stereocenters. The number of carboxylic acids is 1. The van der Waals surface area contributed by atoms with Crippen LogP contribution in [0.1, 0.15) is 66.2 Å². The number of hydrogen-bond acceptors (Lipinski definition) is 7. The van der Waals surface area contributed by atoms with Gasteiger partial charge >= 0.3 is 5.97 Å². The van der Waals surface area contributed by atoms with Crippen LogP contribution >= 0.6 is 0 Å². The molecule has 13 nitrogen and oxygen atoms in total. The van der Waals surface area contributed by atoms with Crippen molar-refractivity contribution in [2.24, 2.45) is 29.0 Å². The number of nitrogens with two attached hydrogens (primary N) is 3. The molecule has 5 atom stereocenters. The Hall–Kier alpha value is -3.22. The number of aliphatic carboxylic acids is 1. The van der Waals surface area contributed by atoms with E-state index in [0.717, 1.165) is 0 Å². The highest BCUT2D eigenvalue weighted by Crippen LogP contribution is 2.10. The second kappa shape index (κ2) is 15.6. The third kappa shape index (κ3) is 12.7. The molecular formula is C22H40N6O7. The third-order valence-electron chi connectivity index (χ3n) is 5.51. The molecule has 0 aromatic carbocycles. The third-order valence-corrected chi connectivity index (χ3v) is 5.51. The van der Waals surface area contributed by atoms with E-state index in [1.54, 1.807) is 0 Å². The number of primary amides is 2. The van der Waals surface area contributed by atoms with Gasteiger partial charge in [0.1, 0.15) is 18.1 Å². The fourth-order valence-corrected chi connectivity index (χ4v) is 3.13. The molecular weight excluding hydrogens is 460 g/mol. The van der Waals surface area contributed by atoms with Crippen LogP contribution in [-0.4, -0.2) is 64.8 Å². The predicted molar refractivity (Wildman–Crippen MR) is 127 cm³/mol. The lowest BCUT2D eigenvalue weighted by molar-refractivity contribution is -0.142. The maximum absolute atomic E-state index is 13.0. The minimum atomic E-state index is -1.44. The first-order valence-corrected chi connectivity index (χ1v) is 11.7. The van der Waals surface area contributed by atoms with Crippen LogP contribution in [0.25, 0.3) is 0 Å².